The normalized spacial score (nSPS) is 14.0. The Hall–Kier alpha value is -2.54. The number of hydrogen-bond acceptors (Lipinski definition) is 4. The van der Waals surface area contributed by atoms with E-state index in [1.54, 1.807) is 6.20 Å². The SMILES string of the molecule is CCNC(=O)NC(CC(C)N)c1cc2c(ccc3cn[nH]c32)o1. The van der Waals surface area contributed by atoms with Crippen LogP contribution in [0.4, 0.5) is 4.79 Å². The molecule has 2 amide bonds. The highest BCUT2D eigenvalue weighted by Crippen LogP contribution is 2.30. The Labute approximate surface area is 133 Å². The van der Waals surface area contributed by atoms with Crippen LogP contribution in [-0.4, -0.2) is 28.8 Å². The molecule has 122 valence electrons. The van der Waals surface area contributed by atoms with Crippen LogP contribution in [0.15, 0.2) is 28.8 Å². The van der Waals surface area contributed by atoms with Gasteiger partial charge in [0.15, 0.2) is 0 Å². The van der Waals surface area contributed by atoms with Gasteiger partial charge >= 0.3 is 6.03 Å². The summed E-state index contributed by atoms with van der Waals surface area (Å²) in [6.45, 7) is 4.34. The predicted molar refractivity (Wildman–Crippen MR) is 89.1 cm³/mol. The van der Waals surface area contributed by atoms with Crippen molar-refractivity contribution in [2.45, 2.75) is 32.4 Å². The third kappa shape index (κ3) is 3.14. The van der Waals surface area contributed by atoms with Crippen molar-refractivity contribution < 1.29 is 9.21 Å². The summed E-state index contributed by atoms with van der Waals surface area (Å²) in [5.41, 5.74) is 7.60. The van der Waals surface area contributed by atoms with Crippen LogP contribution < -0.4 is 16.4 Å². The molecule has 2 atom stereocenters. The van der Waals surface area contributed by atoms with Crippen molar-refractivity contribution >= 4 is 27.9 Å². The number of carbonyl (C=O) groups is 1. The summed E-state index contributed by atoms with van der Waals surface area (Å²) in [6, 6.07) is 5.21. The Morgan fingerprint density at radius 2 is 2.30 bits per heavy atom. The first-order chi connectivity index (χ1) is 11.1. The van der Waals surface area contributed by atoms with Crippen molar-refractivity contribution in [2.75, 3.05) is 6.54 Å². The molecule has 5 N–H and O–H groups in total. The number of hydrogen-bond donors (Lipinski definition) is 4. The van der Waals surface area contributed by atoms with E-state index in [0.29, 0.717) is 18.7 Å². The monoisotopic (exact) mass is 315 g/mol. The second kappa shape index (κ2) is 6.29. The lowest BCUT2D eigenvalue weighted by molar-refractivity contribution is 0.234. The van der Waals surface area contributed by atoms with Crippen molar-refractivity contribution in [1.82, 2.24) is 20.8 Å². The molecule has 0 bridgehead atoms. The molecule has 0 saturated carbocycles. The lowest BCUT2D eigenvalue weighted by Gasteiger charge is -2.18. The summed E-state index contributed by atoms with van der Waals surface area (Å²) in [5, 5.41) is 14.7. The standard InChI is InChI=1S/C16H21N5O2/c1-3-18-16(22)20-12(6-9(2)17)14-7-11-13(23-14)5-4-10-8-19-21-15(10)11/h4-5,7-9,12H,3,6,17H2,1-2H3,(H,19,21)(H2,18,20,22). The van der Waals surface area contributed by atoms with Gasteiger partial charge in [-0.25, -0.2) is 4.79 Å². The largest absolute Gasteiger partial charge is 0.459 e. The van der Waals surface area contributed by atoms with Crippen LogP contribution in [0.1, 0.15) is 32.1 Å². The Kier molecular flexibility index (Phi) is 4.20. The number of aromatic nitrogens is 2. The number of nitrogens with two attached hydrogens (primary N) is 1. The van der Waals surface area contributed by atoms with Crippen molar-refractivity contribution in [3.63, 3.8) is 0 Å². The van der Waals surface area contributed by atoms with Gasteiger partial charge in [0.2, 0.25) is 0 Å². The number of H-pyrrole nitrogens is 1. The number of benzene rings is 1. The van der Waals surface area contributed by atoms with Crippen LogP contribution in [0.5, 0.6) is 0 Å². The van der Waals surface area contributed by atoms with Crippen molar-refractivity contribution in [3.05, 3.63) is 30.2 Å². The van der Waals surface area contributed by atoms with E-state index in [1.807, 2.05) is 32.0 Å². The second-order valence-electron chi connectivity index (χ2n) is 5.73. The number of amides is 2. The maximum absolute atomic E-state index is 11.9. The number of urea groups is 1. The summed E-state index contributed by atoms with van der Waals surface area (Å²) in [4.78, 5) is 11.9. The molecule has 7 nitrogen and oxygen atoms in total. The van der Waals surface area contributed by atoms with E-state index in [4.69, 9.17) is 10.2 Å². The van der Waals surface area contributed by atoms with Crippen LogP contribution in [0, 0.1) is 0 Å². The molecule has 0 fully saturated rings. The van der Waals surface area contributed by atoms with Gasteiger partial charge in [-0.2, -0.15) is 5.10 Å². The first-order valence-corrected chi connectivity index (χ1v) is 7.74. The number of aromatic amines is 1. The molecule has 3 rings (SSSR count). The van der Waals surface area contributed by atoms with E-state index in [0.717, 1.165) is 21.9 Å². The zero-order valence-corrected chi connectivity index (χ0v) is 13.2. The molecule has 2 aromatic heterocycles. The number of nitrogens with one attached hydrogen (secondary N) is 3. The summed E-state index contributed by atoms with van der Waals surface area (Å²) in [5.74, 6) is 0.686. The van der Waals surface area contributed by atoms with Gasteiger partial charge in [0, 0.05) is 23.4 Å². The Morgan fingerprint density at radius 1 is 1.48 bits per heavy atom. The number of nitrogens with zero attached hydrogens (tertiary/aromatic N) is 1. The zero-order chi connectivity index (χ0) is 16.4. The van der Waals surface area contributed by atoms with Gasteiger partial charge < -0.3 is 20.8 Å². The summed E-state index contributed by atoms with van der Waals surface area (Å²) in [6.07, 6.45) is 2.36. The van der Waals surface area contributed by atoms with Crippen LogP contribution >= 0.6 is 0 Å². The van der Waals surface area contributed by atoms with Crippen molar-refractivity contribution in [3.8, 4) is 0 Å². The zero-order valence-electron chi connectivity index (χ0n) is 13.2. The van der Waals surface area contributed by atoms with Crippen LogP contribution in [0.3, 0.4) is 0 Å². The molecule has 7 heteroatoms. The number of carbonyl (C=O) groups excluding carboxylic acids is 1. The number of fused-ring (bicyclic) bond motifs is 3. The van der Waals surface area contributed by atoms with Gasteiger partial charge in [0.25, 0.3) is 0 Å². The van der Waals surface area contributed by atoms with Crippen molar-refractivity contribution in [1.29, 1.82) is 0 Å². The fraction of sp³-hybridized carbons (Fsp3) is 0.375. The van der Waals surface area contributed by atoms with Crippen molar-refractivity contribution in [2.24, 2.45) is 5.73 Å². The quantitative estimate of drug-likeness (QED) is 0.579. The summed E-state index contributed by atoms with van der Waals surface area (Å²) < 4.78 is 5.94. The van der Waals surface area contributed by atoms with Crippen LogP contribution in [-0.2, 0) is 0 Å². The molecule has 3 aromatic rings. The molecule has 0 aliphatic carbocycles. The average Bonchev–Trinajstić information content (AvgIpc) is 3.12. The average molecular weight is 315 g/mol. The second-order valence-corrected chi connectivity index (χ2v) is 5.73. The fourth-order valence-electron chi connectivity index (χ4n) is 2.71. The fourth-order valence-corrected chi connectivity index (χ4v) is 2.71. The minimum absolute atomic E-state index is 0.0673. The molecule has 0 saturated heterocycles. The maximum Gasteiger partial charge on any atom is 0.315 e. The highest BCUT2D eigenvalue weighted by molar-refractivity contribution is 6.03. The molecule has 1 aromatic carbocycles. The third-order valence-corrected chi connectivity index (χ3v) is 3.73. The molecule has 0 aliphatic rings. The van der Waals surface area contributed by atoms with Gasteiger partial charge in [-0.3, -0.25) is 5.10 Å². The lowest BCUT2D eigenvalue weighted by atomic mass is 10.1. The van der Waals surface area contributed by atoms with E-state index >= 15 is 0 Å². The Bertz CT molecular complexity index is 820. The van der Waals surface area contributed by atoms with E-state index in [9.17, 15) is 4.79 Å². The molecule has 0 spiro atoms. The minimum atomic E-state index is -0.285. The van der Waals surface area contributed by atoms with E-state index in [1.165, 1.54) is 0 Å². The molecule has 2 unspecified atom stereocenters. The van der Waals surface area contributed by atoms with Gasteiger partial charge in [0.05, 0.1) is 17.8 Å². The molecular weight excluding hydrogens is 294 g/mol. The first-order valence-electron chi connectivity index (χ1n) is 7.74. The van der Waals surface area contributed by atoms with Gasteiger partial charge in [-0.15, -0.1) is 0 Å². The highest BCUT2D eigenvalue weighted by Gasteiger charge is 2.21. The lowest BCUT2D eigenvalue weighted by Crippen LogP contribution is -2.39. The smallest absolute Gasteiger partial charge is 0.315 e. The van der Waals surface area contributed by atoms with Gasteiger partial charge in [-0.05, 0) is 38.5 Å². The molecular formula is C16H21N5O2. The maximum atomic E-state index is 11.9. The van der Waals surface area contributed by atoms with E-state index in [2.05, 4.69) is 20.8 Å². The van der Waals surface area contributed by atoms with Crippen LogP contribution in [0.25, 0.3) is 21.9 Å². The highest BCUT2D eigenvalue weighted by atomic mass is 16.3. The number of rotatable bonds is 5. The minimum Gasteiger partial charge on any atom is -0.459 e. The third-order valence-electron chi connectivity index (χ3n) is 3.73. The first kappa shape index (κ1) is 15.4. The summed E-state index contributed by atoms with van der Waals surface area (Å²) >= 11 is 0. The Morgan fingerprint density at radius 3 is 3.04 bits per heavy atom. The number of furan rings is 1. The molecule has 0 aliphatic heterocycles. The predicted octanol–water partition coefficient (Wildman–Crippen LogP) is 2.41. The van der Waals surface area contributed by atoms with Gasteiger partial charge in [0.1, 0.15) is 11.3 Å². The molecule has 23 heavy (non-hydrogen) atoms. The Balaban J connectivity index is 1.97. The van der Waals surface area contributed by atoms with Crippen LogP contribution in [0.2, 0.25) is 0 Å². The summed E-state index contributed by atoms with van der Waals surface area (Å²) in [7, 11) is 0. The van der Waals surface area contributed by atoms with E-state index in [-0.39, 0.29) is 18.1 Å². The molecule has 0 radical (unpaired) electrons. The van der Waals surface area contributed by atoms with E-state index < -0.39 is 0 Å². The van der Waals surface area contributed by atoms with Gasteiger partial charge in [-0.1, -0.05) is 0 Å². The molecule has 2 heterocycles. The topological polar surface area (TPSA) is 109 Å².